The third-order valence-electron chi connectivity index (χ3n) is 2.53. The second-order valence-electron chi connectivity index (χ2n) is 3.70. The molecule has 0 saturated carbocycles. The zero-order valence-electron chi connectivity index (χ0n) is 10.1. The minimum atomic E-state index is -0.395. The first kappa shape index (κ1) is 12.1. The quantitative estimate of drug-likeness (QED) is 0.822. The minimum Gasteiger partial charge on any atom is -0.494 e. The zero-order valence-corrected chi connectivity index (χ0v) is 10.1. The van der Waals surface area contributed by atoms with Gasteiger partial charge in [-0.1, -0.05) is 12.1 Å². The largest absolute Gasteiger partial charge is 0.494 e. The number of hydrogen-bond donors (Lipinski definition) is 0. The highest BCUT2D eigenvalue weighted by Gasteiger charge is 2.15. The van der Waals surface area contributed by atoms with E-state index in [0.29, 0.717) is 12.3 Å². The molecule has 0 saturated heterocycles. The van der Waals surface area contributed by atoms with Gasteiger partial charge in [-0.15, -0.1) is 0 Å². The van der Waals surface area contributed by atoms with Crippen LogP contribution in [0.5, 0.6) is 5.75 Å². The monoisotopic (exact) mass is 239 g/mol. The summed E-state index contributed by atoms with van der Waals surface area (Å²) in [6.45, 7) is 2.53. The van der Waals surface area contributed by atoms with Gasteiger partial charge >= 0.3 is 0 Å². The second kappa shape index (κ2) is 5.78. The Balaban J connectivity index is 2.34. The van der Waals surface area contributed by atoms with E-state index in [1.54, 1.807) is 12.3 Å². The van der Waals surface area contributed by atoms with Gasteiger partial charge in [-0.2, -0.15) is 5.26 Å². The molecule has 0 aliphatic carbocycles. The highest BCUT2D eigenvalue weighted by molar-refractivity contribution is 5.38. The number of ether oxygens (including phenoxy) is 1. The van der Waals surface area contributed by atoms with Crippen molar-refractivity contribution in [2.24, 2.45) is 0 Å². The van der Waals surface area contributed by atoms with Gasteiger partial charge in [-0.3, -0.25) is 0 Å². The summed E-state index contributed by atoms with van der Waals surface area (Å²) in [7, 11) is 0. The minimum absolute atomic E-state index is 0.395. The van der Waals surface area contributed by atoms with Gasteiger partial charge < -0.3 is 4.74 Å². The van der Waals surface area contributed by atoms with E-state index in [0.717, 1.165) is 11.3 Å². The van der Waals surface area contributed by atoms with E-state index in [1.165, 1.54) is 6.33 Å². The van der Waals surface area contributed by atoms with Crippen LogP contribution in [0.25, 0.3) is 0 Å². The topological polar surface area (TPSA) is 58.8 Å². The van der Waals surface area contributed by atoms with E-state index in [4.69, 9.17) is 4.74 Å². The van der Waals surface area contributed by atoms with Crippen LogP contribution in [-0.2, 0) is 0 Å². The predicted molar refractivity (Wildman–Crippen MR) is 67.1 cm³/mol. The van der Waals surface area contributed by atoms with Crippen LogP contribution >= 0.6 is 0 Å². The maximum atomic E-state index is 9.30. The number of hydrogen-bond acceptors (Lipinski definition) is 4. The summed E-state index contributed by atoms with van der Waals surface area (Å²) in [6, 6.07) is 11.5. The van der Waals surface area contributed by atoms with E-state index in [1.807, 2.05) is 31.2 Å². The Labute approximate surface area is 106 Å². The SMILES string of the molecule is CCOc1cccc(C(C#N)c2ccncn2)c1. The molecule has 1 heterocycles. The number of nitriles is 1. The molecule has 2 rings (SSSR count). The number of aromatic nitrogens is 2. The molecule has 1 atom stereocenters. The fraction of sp³-hybridized carbons (Fsp3) is 0.214. The molecule has 1 aromatic carbocycles. The molecule has 0 amide bonds. The molecule has 2 aromatic rings. The van der Waals surface area contributed by atoms with Gasteiger partial charge in [0.15, 0.2) is 0 Å². The summed E-state index contributed by atoms with van der Waals surface area (Å²) in [5.74, 6) is 0.373. The van der Waals surface area contributed by atoms with Gasteiger partial charge in [0.1, 0.15) is 18.0 Å². The van der Waals surface area contributed by atoms with Gasteiger partial charge in [0.05, 0.1) is 18.4 Å². The van der Waals surface area contributed by atoms with E-state index in [-0.39, 0.29) is 0 Å². The van der Waals surface area contributed by atoms with Crippen LogP contribution < -0.4 is 4.74 Å². The molecular weight excluding hydrogens is 226 g/mol. The van der Waals surface area contributed by atoms with Crippen molar-refractivity contribution >= 4 is 0 Å². The fourth-order valence-corrected chi connectivity index (χ4v) is 1.73. The summed E-state index contributed by atoms with van der Waals surface area (Å²) in [4.78, 5) is 7.99. The van der Waals surface area contributed by atoms with E-state index in [2.05, 4.69) is 16.0 Å². The van der Waals surface area contributed by atoms with Crippen molar-refractivity contribution in [2.75, 3.05) is 6.61 Å². The zero-order chi connectivity index (χ0) is 12.8. The lowest BCUT2D eigenvalue weighted by molar-refractivity contribution is 0.340. The van der Waals surface area contributed by atoms with Crippen molar-refractivity contribution in [3.8, 4) is 11.8 Å². The highest BCUT2D eigenvalue weighted by atomic mass is 16.5. The van der Waals surface area contributed by atoms with Crippen LogP contribution in [0.15, 0.2) is 42.9 Å². The first-order valence-corrected chi connectivity index (χ1v) is 5.73. The van der Waals surface area contributed by atoms with Crippen LogP contribution in [0.1, 0.15) is 24.1 Å². The molecule has 0 fully saturated rings. The molecule has 4 nitrogen and oxygen atoms in total. The fourth-order valence-electron chi connectivity index (χ4n) is 1.73. The van der Waals surface area contributed by atoms with Crippen molar-refractivity contribution in [3.63, 3.8) is 0 Å². The van der Waals surface area contributed by atoms with Crippen molar-refractivity contribution in [1.82, 2.24) is 9.97 Å². The van der Waals surface area contributed by atoms with Crippen molar-refractivity contribution < 1.29 is 4.74 Å². The van der Waals surface area contributed by atoms with E-state index < -0.39 is 5.92 Å². The lowest BCUT2D eigenvalue weighted by Crippen LogP contribution is -2.02. The van der Waals surface area contributed by atoms with Crippen molar-refractivity contribution in [1.29, 1.82) is 5.26 Å². The third kappa shape index (κ3) is 2.64. The average Bonchev–Trinajstić information content (AvgIpc) is 2.42. The van der Waals surface area contributed by atoms with Crippen LogP contribution in [0, 0.1) is 11.3 Å². The van der Waals surface area contributed by atoms with Crippen molar-refractivity contribution in [3.05, 3.63) is 54.1 Å². The summed E-state index contributed by atoms with van der Waals surface area (Å²) >= 11 is 0. The second-order valence-corrected chi connectivity index (χ2v) is 3.70. The molecule has 0 radical (unpaired) electrons. The summed E-state index contributed by atoms with van der Waals surface area (Å²) in [5, 5.41) is 9.30. The maximum Gasteiger partial charge on any atom is 0.119 e. The molecule has 1 aromatic heterocycles. The Hall–Kier alpha value is -2.41. The molecule has 0 aliphatic rings. The summed E-state index contributed by atoms with van der Waals surface area (Å²) < 4.78 is 5.43. The third-order valence-corrected chi connectivity index (χ3v) is 2.53. The van der Waals surface area contributed by atoms with Crippen LogP contribution in [-0.4, -0.2) is 16.6 Å². The lowest BCUT2D eigenvalue weighted by atomic mass is 9.97. The van der Waals surface area contributed by atoms with Crippen LogP contribution in [0.4, 0.5) is 0 Å². The average molecular weight is 239 g/mol. The Morgan fingerprint density at radius 2 is 2.28 bits per heavy atom. The van der Waals surface area contributed by atoms with Gasteiger partial charge in [0.2, 0.25) is 0 Å². The number of rotatable bonds is 4. The predicted octanol–water partition coefficient (Wildman–Crippen LogP) is 2.53. The molecule has 0 spiro atoms. The van der Waals surface area contributed by atoms with Crippen LogP contribution in [0.2, 0.25) is 0 Å². The first-order chi connectivity index (χ1) is 8.85. The Bertz CT molecular complexity index is 548. The lowest BCUT2D eigenvalue weighted by Gasteiger charge is -2.10. The molecule has 0 aliphatic heterocycles. The van der Waals surface area contributed by atoms with E-state index in [9.17, 15) is 5.26 Å². The first-order valence-electron chi connectivity index (χ1n) is 5.73. The van der Waals surface area contributed by atoms with Crippen molar-refractivity contribution in [2.45, 2.75) is 12.8 Å². The molecule has 0 bridgehead atoms. The molecule has 1 unspecified atom stereocenters. The van der Waals surface area contributed by atoms with Gasteiger partial charge in [-0.05, 0) is 30.7 Å². The number of nitrogens with zero attached hydrogens (tertiary/aromatic N) is 3. The molecule has 0 N–H and O–H groups in total. The number of benzene rings is 1. The standard InChI is InChI=1S/C14H13N3O/c1-2-18-12-5-3-4-11(8-12)13(9-15)14-6-7-16-10-17-14/h3-8,10,13H,2H2,1H3. The highest BCUT2D eigenvalue weighted by Crippen LogP contribution is 2.25. The summed E-state index contributed by atoms with van der Waals surface area (Å²) in [6.07, 6.45) is 3.09. The smallest absolute Gasteiger partial charge is 0.119 e. The van der Waals surface area contributed by atoms with Gasteiger partial charge in [0.25, 0.3) is 0 Å². The Morgan fingerprint density at radius 1 is 1.39 bits per heavy atom. The molecular formula is C14H13N3O. The Morgan fingerprint density at radius 3 is 2.94 bits per heavy atom. The molecule has 18 heavy (non-hydrogen) atoms. The Kier molecular flexibility index (Phi) is 3.87. The molecule has 4 heteroatoms. The normalized spacial score (nSPS) is 11.6. The maximum absolute atomic E-state index is 9.30. The van der Waals surface area contributed by atoms with E-state index >= 15 is 0 Å². The summed E-state index contributed by atoms with van der Waals surface area (Å²) in [5.41, 5.74) is 1.57. The van der Waals surface area contributed by atoms with Gasteiger partial charge in [-0.25, -0.2) is 9.97 Å². The van der Waals surface area contributed by atoms with Gasteiger partial charge in [0, 0.05) is 6.20 Å². The van der Waals surface area contributed by atoms with Crippen LogP contribution in [0.3, 0.4) is 0 Å². The molecule has 90 valence electrons.